The number of benzene rings is 1. The standard InChI is InChI=1S/C22H18Cl2N4O3/c1-11-17(12(2)27-26-11)20(29)18-19(14-5-6-15(23)16(24)8-14)28(22(31)21(18)30)10-13-4-3-7-25-9-13/h3-9,19,29H,10H2,1-2H3,(H,26,27)/t19-/m1/s1. The number of aliphatic hydroxyl groups excluding tert-OH is 1. The third-order valence-corrected chi connectivity index (χ3v) is 5.98. The Balaban J connectivity index is 1.92. The summed E-state index contributed by atoms with van der Waals surface area (Å²) in [4.78, 5) is 31.6. The van der Waals surface area contributed by atoms with Crippen LogP contribution in [0, 0.1) is 13.8 Å². The summed E-state index contributed by atoms with van der Waals surface area (Å²) in [7, 11) is 0. The third kappa shape index (κ3) is 3.71. The van der Waals surface area contributed by atoms with Crippen molar-refractivity contribution in [1.29, 1.82) is 0 Å². The van der Waals surface area contributed by atoms with Gasteiger partial charge in [0.15, 0.2) is 0 Å². The molecule has 2 N–H and O–H groups in total. The van der Waals surface area contributed by atoms with Gasteiger partial charge in [0, 0.05) is 24.6 Å². The molecule has 0 unspecified atom stereocenters. The van der Waals surface area contributed by atoms with E-state index in [9.17, 15) is 14.7 Å². The lowest BCUT2D eigenvalue weighted by molar-refractivity contribution is -0.140. The highest BCUT2D eigenvalue weighted by molar-refractivity contribution is 6.46. The first kappa shape index (κ1) is 21.1. The lowest BCUT2D eigenvalue weighted by Gasteiger charge is -2.25. The number of pyridine rings is 1. The molecule has 1 aliphatic heterocycles. The summed E-state index contributed by atoms with van der Waals surface area (Å²) in [6.07, 6.45) is 3.24. The molecule has 0 spiro atoms. The molecule has 7 nitrogen and oxygen atoms in total. The predicted molar refractivity (Wildman–Crippen MR) is 117 cm³/mol. The van der Waals surface area contributed by atoms with Gasteiger partial charge in [0.05, 0.1) is 32.9 Å². The van der Waals surface area contributed by atoms with Gasteiger partial charge >= 0.3 is 0 Å². The van der Waals surface area contributed by atoms with Gasteiger partial charge in [0.1, 0.15) is 5.76 Å². The van der Waals surface area contributed by atoms with Crippen LogP contribution >= 0.6 is 23.2 Å². The molecule has 1 amide bonds. The highest BCUT2D eigenvalue weighted by Crippen LogP contribution is 2.42. The van der Waals surface area contributed by atoms with Crippen molar-refractivity contribution in [2.75, 3.05) is 0 Å². The maximum atomic E-state index is 13.1. The van der Waals surface area contributed by atoms with Crippen LogP contribution in [0.4, 0.5) is 0 Å². The van der Waals surface area contributed by atoms with Gasteiger partial charge < -0.3 is 10.0 Å². The number of likely N-dealkylation sites (tertiary alicyclic amines) is 1. The second kappa shape index (κ2) is 8.17. The Bertz CT molecular complexity index is 1200. The molecule has 3 aromatic rings. The van der Waals surface area contributed by atoms with Crippen molar-refractivity contribution in [3.8, 4) is 0 Å². The summed E-state index contributed by atoms with van der Waals surface area (Å²) in [5.74, 6) is -1.79. The Morgan fingerprint density at radius 1 is 1.19 bits per heavy atom. The van der Waals surface area contributed by atoms with Crippen LogP contribution in [-0.2, 0) is 16.1 Å². The van der Waals surface area contributed by atoms with Gasteiger partial charge in [0.2, 0.25) is 0 Å². The maximum Gasteiger partial charge on any atom is 0.295 e. The van der Waals surface area contributed by atoms with E-state index >= 15 is 0 Å². The van der Waals surface area contributed by atoms with Gasteiger partial charge in [-0.2, -0.15) is 5.10 Å². The number of carbonyl (C=O) groups is 2. The van der Waals surface area contributed by atoms with Gasteiger partial charge in [-0.1, -0.05) is 35.3 Å². The molecular weight excluding hydrogens is 439 g/mol. The van der Waals surface area contributed by atoms with Crippen LogP contribution < -0.4 is 0 Å². The summed E-state index contributed by atoms with van der Waals surface area (Å²) in [5.41, 5.74) is 2.76. The highest BCUT2D eigenvalue weighted by Gasteiger charge is 2.46. The molecule has 158 valence electrons. The number of nitrogens with zero attached hydrogens (tertiary/aromatic N) is 3. The molecule has 1 atom stereocenters. The minimum absolute atomic E-state index is 0.0279. The summed E-state index contributed by atoms with van der Waals surface area (Å²) >= 11 is 12.3. The molecule has 1 fully saturated rings. The van der Waals surface area contributed by atoms with Crippen molar-refractivity contribution in [3.63, 3.8) is 0 Å². The topological polar surface area (TPSA) is 99.2 Å². The van der Waals surface area contributed by atoms with Crippen molar-refractivity contribution >= 4 is 40.7 Å². The summed E-state index contributed by atoms with van der Waals surface area (Å²) in [6.45, 7) is 3.57. The number of aromatic nitrogens is 3. The molecule has 3 heterocycles. The van der Waals surface area contributed by atoms with Gasteiger partial charge in [-0.05, 0) is 43.2 Å². The van der Waals surface area contributed by atoms with E-state index in [0.717, 1.165) is 5.56 Å². The minimum Gasteiger partial charge on any atom is -0.507 e. The van der Waals surface area contributed by atoms with E-state index in [2.05, 4.69) is 15.2 Å². The monoisotopic (exact) mass is 456 g/mol. The van der Waals surface area contributed by atoms with E-state index in [1.165, 1.54) is 4.90 Å². The molecule has 0 aliphatic carbocycles. The number of hydrogen-bond donors (Lipinski definition) is 2. The first-order chi connectivity index (χ1) is 14.8. The fourth-order valence-corrected chi connectivity index (χ4v) is 4.10. The van der Waals surface area contributed by atoms with Crippen LogP contribution in [-0.4, -0.2) is 36.9 Å². The lowest BCUT2D eigenvalue weighted by atomic mass is 9.94. The average Bonchev–Trinajstić information content (AvgIpc) is 3.21. The number of hydrogen-bond acceptors (Lipinski definition) is 5. The number of rotatable bonds is 4. The largest absolute Gasteiger partial charge is 0.507 e. The van der Waals surface area contributed by atoms with Crippen molar-refractivity contribution < 1.29 is 14.7 Å². The van der Waals surface area contributed by atoms with Crippen molar-refractivity contribution in [1.82, 2.24) is 20.1 Å². The van der Waals surface area contributed by atoms with Gasteiger partial charge in [-0.15, -0.1) is 0 Å². The Morgan fingerprint density at radius 2 is 1.97 bits per heavy atom. The van der Waals surface area contributed by atoms with Crippen molar-refractivity contribution in [2.45, 2.75) is 26.4 Å². The van der Waals surface area contributed by atoms with E-state index in [4.69, 9.17) is 23.2 Å². The molecule has 1 aromatic carbocycles. The summed E-state index contributed by atoms with van der Waals surface area (Å²) in [6, 6.07) is 7.57. The number of aromatic amines is 1. The number of H-pyrrole nitrogens is 1. The molecule has 9 heteroatoms. The fourth-order valence-electron chi connectivity index (χ4n) is 3.79. The summed E-state index contributed by atoms with van der Waals surface area (Å²) in [5, 5.41) is 18.6. The van der Waals surface area contributed by atoms with Gasteiger partial charge in [0.25, 0.3) is 11.7 Å². The minimum atomic E-state index is -0.858. The SMILES string of the molecule is Cc1n[nH]c(C)c1C(O)=C1C(=O)C(=O)N(Cc2cccnc2)[C@@H]1c1ccc(Cl)c(Cl)c1. The predicted octanol–water partition coefficient (Wildman–Crippen LogP) is 4.35. The van der Waals surface area contributed by atoms with Crippen LogP contribution in [0.3, 0.4) is 0 Å². The second-order valence-electron chi connectivity index (χ2n) is 7.27. The fraction of sp³-hybridized carbons (Fsp3) is 0.182. The number of ketones is 1. The molecule has 0 bridgehead atoms. The van der Waals surface area contributed by atoms with Crippen LogP contribution in [0.2, 0.25) is 10.0 Å². The Labute approximate surface area is 188 Å². The number of amides is 1. The quantitative estimate of drug-likeness (QED) is 0.345. The molecule has 1 saturated heterocycles. The van der Waals surface area contributed by atoms with Gasteiger partial charge in [-0.3, -0.25) is 19.7 Å². The number of halogens is 2. The molecule has 2 aromatic heterocycles. The maximum absolute atomic E-state index is 13.1. The Morgan fingerprint density at radius 3 is 2.58 bits per heavy atom. The molecule has 0 saturated carbocycles. The molecule has 31 heavy (non-hydrogen) atoms. The number of aliphatic hydroxyl groups is 1. The molecule has 4 rings (SSSR count). The lowest BCUT2D eigenvalue weighted by Crippen LogP contribution is -2.29. The van der Waals surface area contributed by atoms with Crippen molar-refractivity contribution in [2.24, 2.45) is 0 Å². The number of Topliss-reactive ketones (excluding diaryl/α,β-unsaturated/α-hetero) is 1. The van der Waals surface area contributed by atoms with Gasteiger partial charge in [-0.25, -0.2) is 0 Å². The number of carbonyl (C=O) groups excluding carboxylic acids is 2. The van der Waals surface area contributed by atoms with Crippen LogP contribution in [0.1, 0.15) is 34.1 Å². The normalized spacial score (nSPS) is 18.1. The average molecular weight is 457 g/mol. The van der Waals surface area contributed by atoms with E-state index in [0.29, 0.717) is 27.5 Å². The smallest absolute Gasteiger partial charge is 0.295 e. The van der Waals surface area contributed by atoms with Crippen LogP contribution in [0.5, 0.6) is 0 Å². The second-order valence-corrected chi connectivity index (χ2v) is 8.09. The van der Waals surface area contributed by atoms with Crippen molar-refractivity contribution in [3.05, 3.63) is 86.4 Å². The van der Waals surface area contributed by atoms with E-state index < -0.39 is 17.7 Å². The van der Waals surface area contributed by atoms with E-state index in [-0.39, 0.29) is 22.9 Å². The molecular formula is C22H18Cl2N4O3. The third-order valence-electron chi connectivity index (χ3n) is 5.24. The zero-order valence-electron chi connectivity index (χ0n) is 16.7. The highest BCUT2D eigenvalue weighted by atomic mass is 35.5. The summed E-state index contributed by atoms with van der Waals surface area (Å²) < 4.78 is 0. The number of nitrogens with one attached hydrogen (secondary N) is 1. The Hall–Kier alpha value is -3.16. The van der Waals surface area contributed by atoms with E-state index in [1.54, 1.807) is 50.5 Å². The molecule has 1 aliphatic rings. The zero-order valence-corrected chi connectivity index (χ0v) is 18.2. The van der Waals surface area contributed by atoms with E-state index in [1.807, 2.05) is 6.07 Å². The van der Waals surface area contributed by atoms with Crippen LogP contribution in [0.15, 0.2) is 48.3 Å². The zero-order chi connectivity index (χ0) is 22.3. The molecule has 0 radical (unpaired) electrons. The first-order valence-corrected chi connectivity index (χ1v) is 10.2. The van der Waals surface area contributed by atoms with Crippen LogP contribution in [0.25, 0.3) is 5.76 Å². The first-order valence-electron chi connectivity index (χ1n) is 9.43. The number of aryl methyl sites for hydroxylation is 2. The Kier molecular flexibility index (Phi) is 5.56.